The summed E-state index contributed by atoms with van der Waals surface area (Å²) in [5, 5.41) is -5.64. The predicted octanol–water partition coefficient (Wildman–Crippen LogP) is 8.32. The van der Waals surface area contributed by atoms with Crippen LogP contribution in [0.2, 0.25) is 0 Å². The molecule has 0 heterocycles. The summed E-state index contributed by atoms with van der Waals surface area (Å²) in [6, 6.07) is 10.1. The molecule has 1 aliphatic carbocycles. The fourth-order valence-electron chi connectivity index (χ4n) is 3.61. The number of benzene rings is 2. The standard InChI is InChI=1S/C23H16F9S/c1-13-11-20(2,15-8-4-6-10-17(15)25)12-18(19(13)14-7-3-5-9-16(14)24)33-23(31,32)21(26,27)22(28,29)30/h3-12H,1-2H3. The molecule has 0 bridgehead atoms. The predicted molar refractivity (Wildman–Crippen MR) is 109 cm³/mol. The summed E-state index contributed by atoms with van der Waals surface area (Å²) in [5.74, 6) is -8.02. The van der Waals surface area contributed by atoms with Crippen molar-refractivity contribution in [3.05, 3.63) is 94.3 Å². The lowest BCUT2D eigenvalue weighted by atomic mass is 9.72. The normalized spacial score (nSPS) is 20.2. The van der Waals surface area contributed by atoms with E-state index in [4.69, 9.17) is 0 Å². The molecular weight excluding hydrogens is 479 g/mol. The van der Waals surface area contributed by atoms with Gasteiger partial charge >= 0.3 is 17.4 Å². The molecule has 0 amide bonds. The van der Waals surface area contributed by atoms with Gasteiger partial charge in [-0.15, -0.1) is 0 Å². The molecule has 1 radical (unpaired) electrons. The van der Waals surface area contributed by atoms with Gasteiger partial charge in [-0.1, -0.05) is 55.0 Å². The molecule has 1 atom stereocenters. The molecule has 0 nitrogen and oxygen atoms in total. The molecule has 0 spiro atoms. The highest BCUT2D eigenvalue weighted by molar-refractivity contribution is 8.04. The van der Waals surface area contributed by atoms with Crippen LogP contribution < -0.4 is 0 Å². The van der Waals surface area contributed by atoms with Gasteiger partial charge in [-0.05, 0) is 42.0 Å². The van der Waals surface area contributed by atoms with Gasteiger partial charge in [0.15, 0.2) is 0 Å². The van der Waals surface area contributed by atoms with Crippen LogP contribution in [0.1, 0.15) is 25.0 Å². The van der Waals surface area contributed by atoms with Gasteiger partial charge in [-0.25, -0.2) is 8.78 Å². The Morgan fingerprint density at radius 2 is 1.33 bits per heavy atom. The summed E-state index contributed by atoms with van der Waals surface area (Å²) in [7, 11) is 0. The van der Waals surface area contributed by atoms with Gasteiger partial charge in [0.1, 0.15) is 11.6 Å². The van der Waals surface area contributed by atoms with Crippen molar-refractivity contribution < 1.29 is 39.5 Å². The van der Waals surface area contributed by atoms with Crippen molar-refractivity contribution in [3.63, 3.8) is 0 Å². The Hall–Kier alpha value is -2.36. The number of thioether (sulfide) groups is 1. The minimum Gasteiger partial charge on any atom is -0.207 e. The van der Waals surface area contributed by atoms with Crippen LogP contribution in [0.15, 0.2) is 65.1 Å². The number of rotatable bonds is 5. The zero-order chi connectivity index (χ0) is 24.8. The Morgan fingerprint density at radius 3 is 1.88 bits per heavy atom. The SMILES string of the molecule is CC1=C(c2ccccc2F)C(SC(F)(F)C(F)(F)C(F)(F)F)=CC(C)(c2ccccc2F)[CH]1. The van der Waals surface area contributed by atoms with E-state index in [0.29, 0.717) is 0 Å². The summed E-state index contributed by atoms with van der Waals surface area (Å²) >= 11 is -1.03. The van der Waals surface area contributed by atoms with Gasteiger partial charge in [0.05, 0.1) is 0 Å². The Bertz CT molecular complexity index is 1110. The van der Waals surface area contributed by atoms with Gasteiger partial charge in [-0.3, -0.25) is 0 Å². The lowest BCUT2D eigenvalue weighted by Crippen LogP contribution is -2.50. The lowest BCUT2D eigenvalue weighted by molar-refractivity contribution is -0.330. The minimum absolute atomic E-state index is 0.0269. The second kappa shape index (κ2) is 8.45. The van der Waals surface area contributed by atoms with Gasteiger partial charge in [0.2, 0.25) is 0 Å². The van der Waals surface area contributed by atoms with Crippen molar-refractivity contribution in [1.82, 2.24) is 0 Å². The molecule has 1 unspecified atom stereocenters. The molecule has 0 N–H and O–H groups in total. The molecular formula is C23H16F9S. The van der Waals surface area contributed by atoms with E-state index in [-0.39, 0.29) is 22.3 Å². The Morgan fingerprint density at radius 1 is 0.788 bits per heavy atom. The monoisotopic (exact) mass is 495 g/mol. The van der Waals surface area contributed by atoms with Crippen LogP contribution in [-0.2, 0) is 5.41 Å². The highest BCUT2D eigenvalue weighted by Gasteiger charge is 2.73. The number of allylic oxidation sites excluding steroid dienone is 3. The third kappa shape index (κ3) is 4.54. The topological polar surface area (TPSA) is 0 Å². The molecule has 0 saturated heterocycles. The van der Waals surface area contributed by atoms with E-state index >= 15 is 0 Å². The average Bonchev–Trinajstić information content (AvgIpc) is 2.68. The third-order valence-corrected chi connectivity index (χ3v) is 6.20. The van der Waals surface area contributed by atoms with Crippen LogP contribution in [0.3, 0.4) is 0 Å². The van der Waals surface area contributed by atoms with E-state index < -0.39 is 51.1 Å². The van der Waals surface area contributed by atoms with E-state index in [1.54, 1.807) is 0 Å². The van der Waals surface area contributed by atoms with E-state index in [9.17, 15) is 39.5 Å². The maximum absolute atomic E-state index is 14.5. The minimum atomic E-state index is -6.53. The second-order valence-corrected chi connectivity index (χ2v) is 8.80. The van der Waals surface area contributed by atoms with E-state index in [0.717, 1.165) is 18.2 Å². The molecule has 3 rings (SSSR count). The number of halogens is 9. The molecule has 2 aromatic carbocycles. The van der Waals surface area contributed by atoms with Crippen molar-refractivity contribution >= 4 is 17.3 Å². The molecule has 0 aromatic heterocycles. The summed E-state index contributed by atoms with van der Waals surface area (Å²) < 4.78 is 123. The first-order valence-corrected chi connectivity index (χ1v) is 10.2. The zero-order valence-electron chi connectivity index (χ0n) is 17.1. The highest BCUT2D eigenvalue weighted by atomic mass is 32.2. The van der Waals surface area contributed by atoms with Gasteiger partial charge in [0, 0.05) is 22.3 Å². The Kier molecular flexibility index (Phi) is 6.47. The average molecular weight is 495 g/mol. The fourth-order valence-corrected chi connectivity index (χ4v) is 4.81. The van der Waals surface area contributed by atoms with E-state index in [2.05, 4.69) is 0 Å². The quantitative estimate of drug-likeness (QED) is 0.376. The van der Waals surface area contributed by atoms with Crippen LogP contribution in [0.25, 0.3) is 5.57 Å². The largest absolute Gasteiger partial charge is 0.460 e. The Labute approximate surface area is 188 Å². The van der Waals surface area contributed by atoms with Crippen molar-refractivity contribution in [3.8, 4) is 0 Å². The third-order valence-electron chi connectivity index (χ3n) is 5.15. The van der Waals surface area contributed by atoms with Gasteiger partial charge in [-0.2, -0.15) is 30.7 Å². The number of hydrogen-bond acceptors (Lipinski definition) is 1. The molecule has 0 fully saturated rings. The molecule has 2 aromatic rings. The van der Waals surface area contributed by atoms with E-state index in [1.165, 1.54) is 56.7 Å². The first-order valence-electron chi connectivity index (χ1n) is 9.42. The first-order chi connectivity index (χ1) is 15.1. The lowest BCUT2D eigenvalue weighted by Gasteiger charge is -2.36. The second-order valence-electron chi connectivity index (χ2n) is 7.64. The molecule has 0 aliphatic heterocycles. The molecule has 10 heteroatoms. The zero-order valence-corrected chi connectivity index (χ0v) is 17.9. The van der Waals surface area contributed by atoms with Crippen LogP contribution in [0, 0.1) is 18.1 Å². The van der Waals surface area contributed by atoms with Crippen molar-refractivity contribution in [2.75, 3.05) is 0 Å². The van der Waals surface area contributed by atoms with Gasteiger partial charge in [0.25, 0.3) is 0 Å². The van der Waals surface area contributed by atoms with Crippen molar-refractivity contribution in [1.29, 1.82) is 0 Å². The summed E-state index contributed by atoms with van der Waals surface area (Å²) in [6.07, 6.45) is -4.17. The van der Waals surface area contributed by atoms with Gasteiger partial charge < -0.3 is 0 Å². The van der Waals surface area contributed by atoms with Crippen LogP contribution in [-0.4, -0.2) is 17.4 Å². The molecule has 1 aliphatic rings. The molecule has 177 valence electrons. The van der Waals surface area contributed by atoms with E-state index in [1.807, 2.05) is 0 Å². The smallest absolute Gasteiger partial charge is 0.207 e. The fraction of sp³-hybridized carbons (Fsp3) is 0.261. The van der Waals surface area contributed by atoms with Crippen LogP contribution in [0.4, 0.5) is 39.5 Å². The summed E-state index contributed by atoms with van der Waals surface area (Å²) in [4.78, 5) is -0.736. The molecule has 0 saturated carbocycles. The summed E-state index contributed by atoms with van der Waals surface area (Å²) in [5.41, 5.74) is -1.98. The Balaban J connectivity index is 2.21. The van der Waals surface area contributed by atoms with Crippen molar-refractivity contribution in [2.45, 2.75) is 36.6 Å². The highest BCUT2D eigenvalue weighted by Crippen LogP contribution is 2.58. The van der Waals surface area contributed by atoms with Crippen molar-refractivity contribution in [2.24, 2.45) is 0 Å². The van der Waals surface area contributed by atoms with Crippen LogP contribution >= 0.6 is 11.8 Å². The first kappa shape index (κ1) is 25.3. The summed E-state index contributed by atoms with van der Waals surface area (Å²) in [6.45, 7) is 2.74. The molecule has 33 heavy (non-hydrogen) atoms. The maximum atomic E-state index is 14.5. The number of alkyl halides is 7. The van der Waals surface area contributed by atoms with Crippen LogP contribution in [0.5, 0.6) is 0 Å². The number of hydrogen-bond donors (Lipinski definition) is 0. The maximum Gasteiger partial charge on any atom is 0.460 e.